The number of sulfonamides is 1. The van der Waals surface area contributed by atoms with Gasteiger partial charge in [-0.3, -0.25) is 14.8 Å². The lowest BCUT2D eigenvalue weighted by atomic mass is 9.39. The van der Waals surface area contributed by atoms with Gasteiger partial charge in [0.2, 0.25) is 10.0 Å². The molecule has 1 amide bonds. The van der Waals surface area contributed by atoms with Gasteiger partial charge in [0.05, 0.1) is 34.9 Å². The number of thiazole rings is 1. The number of carboxylic acids is 1. The SMILES string of the molecule is Cc1c(-c2ccc(N3CCc4cccc(C(=O)Nc5nc6ccccc6s5)c4C3)nc2C(=O)O)cnn1CC12CC3(C)CC(C)(C1)CC(OCCNC1CCN(S(C)(=O)=O)CC1)(C3)C2. The van der Waals surface area contributed by atoms with Gasteiger partial charge in [0, 0.05) is 67.7 Å². The molecule has 4 bridgehead atoms. The molecule has 5 heterocycles. The van der Waals surface area contributed by atoms with E-state index >= 15 is 0 Å². The number of para-hydroxylation sites is 1. The molecule has 4 saturated carbocycles. The quantitative estimate of drug-likeness (QED) is 0.0999. The van der Waals surface area contributed by atoms with Gasteiger partial charge < -0.3 is 20.1 Å². The van der Waals surface area contributed by atoms with E-state index in [1.165, 1.54) is 24.0 Å². The standard InChI is InChI=1S/C48H58N8O6S2/c1-31-36(22-50-56(31)30-47-25-45(2)24-46(3,26-47)28-48(27-45,29-47)62-21-17-49-33-15-19-55(20-16-33)64(4,60)61)34-12-13-40(52-41(34)43(58)59)54-18-14-32-8-7-9-35(37(32)23-54)42(57)53-44-51-38-10-5-6-11-39(38)63-44/h5-13,22,33,49H,14-21,23-30H2,1-4H3,(H,58,59)(H,51,53,57). The Bertz CT molecular complexity index is 2710. The van der Waals surface area contributed by atoms with Crippen LogP contribution in [0.15, 0.2) is 60.8 Å². The van der Waals surface area contributed by atoms with Crippen molar-refractivity contribution >= 4 is 54.4 Å². The second-order valence-corrected chi connectivity index (χ2v) is 23.3. The summed E-state index contributed by atoms with van der Waals surface area (Å²) >= 11 is 1.44. The fourth-order valence-corrected chi connectivity index (χ4v) is 15.1. The number of carbonyl (C=O) groups is 2. The number of ether oxygens (including phenoxy) is 1. The minimum Gasteiger partial charge on any atom is -0.476 e. The smallest absolute Gasteiger partial charge is 0.355 e. The zero-order valence-electron chi connectivity index (χ0n) is 37.2. The molecule has 2 aliphatic heterocycles. The summed E-state index contributed by atoms with van der Waals surface area (Å²) in [7, 11) is -3.15. The zero-order valence-corrected chi connectivity index (χ0v) is 38.8. The maximum Gasteiger partial charge on any atom is 0.355 e. The van der Waals surface area contributed by atoms with Crippen molar-refractivity contribution in [2.75, 3.05) is 49.3 Å². The number of nitrogens with one attached hydrogen (secondary N) is 2. The van der Waals surface area contributed by atoms with Crippen LogP contribution in [0.3, 0.4) is 0 Å². The third kappa shape index (κ3) is 8.25. The van der Waals surface area contributed by atoms with Crippen LogP contribution in [-0.2, 0) is 34.3 Å². The Kier molecular flexibility index (Phi) is 10.8. The van der Waals surface area contributed by atoms with Gasteiger partial charge in [-0.2, -0.15) is 5.10 Å². The molecule has 338 valence electrons. The Morgan fingerprint density at radius 1 is 0.922 bits per heavy atom. The average Bonchev–Trinajstić information content (AvgIpc) is 3.81. The second-order valence-electron chi connectivity index (χ2n) is 20.3. The van der Waals surface area contributed by atoms with Crippen LogP contribution in [0.2, 0.25) is 0 Å². The van der Waals surface area contributed by atoms with Gasteiger partial charge in [-0.1, -0.05) is 49.4 Å². The molecule has 3 aromatic heterocycles. The molecule has 2 aromatic carbocycles. The molecule has 1 saturated heterocycles. The molecular weight excluding hydrogens is 849 g/mol. The lowest BCUT2D eigenvalue weighted by molar-refractivity contribution is -0.247. The summed E-state index contributed by atoms with van der Waals surface area (Å²) in [6.45, 7) is 11.2. The van der Waals surface area contributed by atoms with Crippen LogP contribution < -0.4 is 15.5 Å². The minimum absolute atomic E-state index is 0.00929. The number of anilines is 2. The summed E-state index contributed by atoms with van der Waals surface area (Å²) < 4.78 is 35.6. The third-order valence-corrected chi connectivity index (χ3v) is 17.1. The number of hydrogen-bond donors (Lipinski definition) is 3. The summed E-state index contributed by atoms with van der Waals surface area (Å²) in [5, 5.41) is 22.7. The Morgan fingerprint density at radius 2 is 1.69 bits per heavy atom. The summed E-state index contributed by atoms with van der Waals surface area (Å²) in [5.41, 5.74) is 5.67. The number of fused-ring (bicyclic) bond motifs is 2. The van der Waals surface area contributed by atoms with Gasteiger partial charge >= 0.3 is 5.97 Å². The lowest BCUT2D eigenvalue weighted by Crippen LogP contribution is -2.64. The number of carbonyl (C=O) groups excluding carboxylic acids is 1. The molecule has 5 fully saturated rings. The Labute approximate surface area is 378 Å². The second kappa shape index (κ2) is 16.0. The molecule has 4 aliphatic carbocycles. The van der Waals surface area contributed by atoms with Crippen LogP contribution in [0, 0.1) is 23.2 Å². The zero-order chi connectivity index (χ0) is 44.6. The number of pyridine rings is 1. The van der Waals surface area contributed by atoms with Crippen molar-refractivity contribution in [1.29, 1.82) is 0 Å². The lowest BCUT2D eigenvalue weighted by Gasteiger charge is -2.69. The highest BCUT2D eigenvalue weighted by atomic mass is 32.2. The number of aromatic carboxylic acids is 1. The number of aromatic nitrogens is 4. The molecule has 11 rings (SSSR count). The van der Waals surface area contributed by atoms with E-state index in [9.17, 15) is 23.1 Å². The first kappa shape index (κ1) is 43.2. The molecule has 0 radical (unpaired) electrons. The van der Waals surface area contributed by atoms with E-state index in [0.717, 1.165) is 90.6 Å². The van der Waals surface area contributed by atoms with E-state index in [0.29, 0.717) is 61.3 Å². The first-order chi connectivity index (χ1) is 30.5. The largest absolute Gasteiger partial charge is 0.476 e. The average molecular weight is 907 g/mol. The Hall–Kier alpha value is -4.74. The first-order valence-electron chi connectivity index (χ1n) is 22.6. The minimum atomic E-state index is -3.15. The summed E-state index contributed by atoms with van der Waals surface area (Å²) in [4.78, 5) is 38.1. The maximum atomic E-state index is 13.7. The van der Waals surface area contributed by atoms with E-state index in [-0.39, 0.29) is 39.5 Å². The molecule has 16 heteroatoms. The number of carboxylic acid groups (broad SMARTS) is 1. The van der Waals surface area contributed by atoms with Gasteiger partial charge in [0.1, 0.15) is 5.82 Å². The third-order valence-electron chi connectivity index (χ3n) is 14.8. The molecule has 14 nitrogen and oxygen atoms in total. The molecule has 6 aliphatic rings. The number of piperidine rings is 1. The molecule has 3 N–H and O–H groups in total. The first-order valence-corrected chi connectivity index (χ1v) is 25.3. The number of benzene rings is 2. The van der Waals surface area contributed by atoms with Crippen LogP contribution >= 0.6 is 11.3 Å². The van der Waals surface area contributed by atoms with Crippen molar-refractivity contribution in [2.45, 2.75) is 103 Å². The molecular formula is C48H58N8O6S2. The normalized spacial score (nSPS) is 27.0. The van der Waals surface area contributed by atoms with E-state index in [1.54, 1.807) is 10.5 Å². The van der Waals surface area contributed by atoms with Crippen molar-refractivity contribution in [3.63, 3.8) is 0 Å². The van der Waals surface area contributed by atoms with E-state index in [2.05, 4.69) is 39.0 Å². The molecule has 64 heavy (non-hydrogen) atoms. The molecule has 2 unspecified atom stereocenters. The van der Waals surface area contributed by atoms with Gasteiger partial charge in [-0.05, 0) is 122 Å². The van der Waals surface area contributed by atoms with Crippen LogP contribution in [0.4, 0.5) is 10.9 Å². The van der Waals surface area contributed by atoms with Gasteiger partial charge in [0.25, 0.3) is 5.91 Å². The van der Waals surface area contributed by atoms with Crippen molar-refractivity contribution in [3.8, 4) is 11.1 Å². The van der Waals surface area contributed by atoms with E-state index in [4.69, 9.17) is 14.8 Å². The van der Waals surface area contributed by atoms with Gasteiger partial charge in [-0.25, -0.2) is 27.5 Å². The number of nitrogens with zero attached hydrogens (tertiary/aromatic N) is 6. The van der Waals surface area contributed by atoms with Crippen molar-refractivity contribution in [2.24, 2.45) is 16.2 Å². The predicted molar refractivity (Wildman–Crippen MR) is 248 cm³/mol. The number of rotatable bonds is 13. The topological polar surface area (TPSA) is 172 Å². The van der Waals surface area contributed by atoms with Crippen LogP contribution in [0.25, 0.3) is 21.3 Å². The fourth-order valence-electron chi connectivity index (χ4n) is 13.3. The summed E-state index contributed by atoms with van der Waals surface area (Å²) in [6.07, 6.45) is 11.8. The van der Waals surface area contributed by atoms with E-state index < -0.39 is 16.0 Å². The van der Waals surface area contributed by atoms with Crippen LogP contribution in [0.5, 0.6) is 0 Å². The maximum absolute atomic E-state index is 13.7. The highest BCUT2D eigenvalue weighted by molar-refractivity contribution is 7.88. The molecule has 2 atom stereocenters. The van der Waals surface area contributed by atoms with Crippen LogP contribution in [-0.4, -0.2) is 100 Å². The van der Waals surface area contributed by atoms with Gasteiger partial charge in [0.15, 0.2) is 10.8 Å². The van der Waals surface area contributed by atoms with Crippen molar-refractivity contribution in [1.82, 2.24) is 29.4 Å². The molecule has 5 aromatic rings. The highest BCUT2D eigenvalue weighted by Crippen LogP contribution is 2.72. The Balaban J connectivity index is 0.838. The predicted octanol–water partition coefficient (Wildman–Crippen LogP) is 7.53. The number of hydrogen-bond acceptors (Lipinski definition) is 11. The van der Waals surface area contributed by atoms with Crippen molar-refractivity contribution in [3.05, 3.63) is 88.9 Å². The molecule has 0 spiro atoms. The Morgan fingerprint density at radius 3 is 2.42 bits per heavy atom. The highest BCUT2D eigenvalue weighted by Gasteiger charge is 2.66. The number of amides is 1. The van der Waals surface area contributed by atoms with Crippen LogP contribution in [0.1, 0.15) is 103 Å². The van der Waals surface area contributed by atoms with Crippen molar-refractivity contribution < 1.29 is 27.9 Å². The summed E-state index contributed by atoms with van der Waals surface area (Å²) in [6, 6.07) is 17.6. The monoisotopic (exact) mass is 906 g/mol. The summed E-state index contributed by atoms with van der Waals surface area (Å²) in [5.74, 6) is -0.785. The fraction of sp³-hybridized carbons (Fsp3) is 0.521. The van der Waals surface area contributed by atoms with Gasteiger partial charge in [-0.15, -0.1) is 0 Å². The van der Waals surface area contributed by atoms with E-state index in [1.807, 2.05) is 61.5 Å².